The van der Waals surface area contributed by atoms with Gasteiger partial charge in [0.1, 0.15) is 6.61 Å². The molecule has 31 heavy (non-hydrogen) atoms. The van der Waals surface area contributed by atoms with Gasteiger partial charge in [-0.1, -0.05) is 18.2 Å². The van der Waals surface area contributed by atoms with Crippen molar-refractivity contribution in [3.63, 3.8) is 0 Å². The van der Waals surface area contributed by atoms with Crippen LogP contribution in [0.4, 0.5) is 13.2 Å². The molecule has 0 radical (unpaired) electrons. The number of alkyl halides is 3. The van der Waals surface area contributed by atoms with Crippen molar-refractivity contribution in [1.29, 1.82) is 0 Å². The molecular formula is C22H26F3NO5. The molecule has 6 nitrogen and oxygen atoms in total. The van der Waals surface area contributed by atoms with E-state index in [2.05, 4.69) is 5.32 Å². The molecule has 1 aromatic rings. The summed E-state index contributed by atoms with van der Waals surface area (Å²) in [5.74, 6) is -2.55. The summed E-state index contributed by atoms with van der Waals surface area (Å²) in [5.41, 5.74) is 0.132. The topological polar surface area (TPSA) is 73.9 Å². The van der Waals surface area contributed by atoms with Gasteiger partial charge in [0.2, 0.25) is 0 Å². The summed E-state index contributed by atoms with van der Waals surface area (Å²) in [6.45, 7) is 7.28. The van der Waals surface area contributed by atoms with Crippen LogP contribution in [0.15, 0.2) is 46.8 Å². The Morgan fingerprint density at radius 3 is 2.13 bits per heavy atom. The third-order valence-electron chi connectivity index (χ3n) is 4.69. The van der Waals surface area contributed by atoms with Crippen molar-refractivity contribution in [2.24, 2.45) is 0 Å². The number of rotatable bonds is 8. The number of dihydropyridines is 1. The first-order chi connectivity index (χ1) is 14.6. The van der Waals surface area contributed by atoms with Crippen LogP contribution in [0.1, 0.15) is 44.7 Å². The lowest BCUT2D eigenvalue weighted by Crippen LogP contribution is -2.33. The molecule has 1 atom stereocenters. The van der Waals surface area contributed by atoms with Crippen LogP contribution in [0, 0.1) is 0 Å². The SMILES string of the molecule is CCOCCOC(=O)C1=C(C)NC(C)=C(C(=O)OCC)C1c1cccc(C(F)(F)F)c1. The van der Waals surface area contributed by atoms with Gasteiger partial charge < -0.3 is 19.5 Å². The third kappa shape index (κ3) is 5.88. The molecule has 1 aliphatic rings. The van der Waals surface area contributed by atoms with Gasteiger partial charge in [-0.25, -0.2) is 9.59 Å². The Morgan fingerprint density at radius 1 is 0.968 bits per heavy atom. The number of carbonyl (C=O) groups excluding carboxylic acids is 2. The summed E-state index contributed by atoms with van der Waals surface area (Å²) in [6, 6.07) is 4.55. The van der Waals surface area contributed by atoms with E-state index in [1.54, 1.807) is 27.7 Å². The Bertz CT molecular complexity index is 889. The summed E-state index contributed by atoms with van der Waals surface area (Å²) in [5, 5.41) is 2.95. The second-order valence-electron chi connectivity index (χ2n) is 6.81. The van der Waals surface area contributed by atoms with Crippen molar-refractivity contribution < 1.29 is 37.0 Å². The molecule has 1 aromatic carbocycles. The van der Waals surface area contributed by atoms with Crippen LogP contribution in [0.25, 0.3) is 0 Å². The molecule has 2 rings (SSSR count). The van der Waals surface area contributed by atoms with Gasteiger partial charge in [0.15, 0.2) is 0 Å². The van der Waals surface area contributed by atoms with Crippen molar-refractivity contribution in [2.75, 3.05) is 26.4 Å². The third-order valence-corrected chi connectivity index (χ3v) is 4.69. The fraction of sp³-hybridized carbons (Fsp3) is 0.455. The van der Waals surface area contributed by atoms with Crippen molar-refractivity contribution in [3.05, 3.63) is 57.9 Å². The Kier molecular flexibility index (Phi) is 8.27. The van der Waals surface area contributed by atoms with E-state index in [-0.39, 0.29) is 36.5 Å². The summed E-state index contributed by atoms with van der Waals surface area (Å²) in [7, 11) is 0. The smallest absolute Gasteiger partial charge is 0.416 e. The first-order valence-electron chi connectivity index (χ1n) is 9.89. The van der Waals surface area contributed by atoms with Crippen LogP contribution in [0.3, 0.4) is 0 Å². The number of hydrogen-bond donors (Lipinski definition) is 1. The molecule has 0 aliphatic carbocycles. The molecule has 0 aromatic heterocycles. The van der Waals surface area contributed by atoms with Gasteiger partial charge in [0, 0.05) is 18.0 Å². The van der Waals surface area contributed by atoms with Crippen LogP contribution in [0.5, 0.6) is 0 Å². The standard InChI is InChI=1S/C22H26F3NO5/c1-5-29-10-11-31-21(28)18-14(4)26-13(3)17(20(27)30-6-2)19(18)15-8-7-9-16(12-15)22(23,24)25/h7-9,12,19,26H,5-6,10-11H2,1-4H3. The van der Waals surface area contributed by atoms with E-state index in [1.807, 2.05) is 0 Å². The second-order valence-corrected chi connectivity index (χ2v) is 6.81. The monoisotopic (exact) mass is 441 g/mol. The molecule has 170 valence electrons. The Morgan fingerprint density at radius 2 is 1.58 bits per heavy atom. The average Bonchev–Trinajstić information content (AvgIpc) is 2.70. The number of allylic oxidation sites excluding steroid dienone is 2. The van der Waals surface area contributed by atoms with Gasteiger partial charge in [-0.3, -0.25) is 0 Å². The van der Waals surface area contributed by atoms with E-state index >= 15 is 0 Å². The molecule has 1 unspecified atom stereocenters. The molecule has 0 amide bonds. The molecule has 0 bridgehead atoms. The van der Waals surface area contributed by atoms with Crippen molar-refractivity contribution in [1.82, 2.24) is 5.32 Å². The zero-order valence-electron chi connectivity index (χ0n) is 17.9. The maximum absolute atomic E-state index is 13.3. The molecule has 1 N–H and O–H groups in total. The normalized spacial score (nSPS) is 16.8. The average molecular weight is 441 g/mol. The maximum Gasteiger partial charge on any atom is 0.416 e. The highest BCUT2D eigenvalue weighted by molar-refractivity contribution is 5.99. The Hall–Kier alpha value is -2.81. The molecule has 1 aliphatic heterocycles. The van der Waals surface area contributed by atoms with Crippen molar-refractivity contribution >= 4 is 11.9 Å². The number of carbonyl (C=O) groups is 2. The summed E-state index contributed by atoms with van der Waals surface area (Å²) in [4.78, 5) is 25.6. The summed E-state index contributed by atoms with van der Waals surface area (Å²) < 4.78 is 55.5. The fourth-order valence-electron chi connectivity index (χ4n) is 3.39. The van der Waals surface area contributed by atoms with E-state index in [1.165, 1.54) is 12.1 Å². The number of nitrogens with one attached hydrogen (secondary N) is 1. The highest BCUT2D eigenvalue weighted by atomic mass is 19.4. The minimum Gasteiger partial charge on any atom is -0.463 e. The highest BCUT2D eigenvalue weighted by Gasteiger charge is 2.39. The summed E-state index contributed by atoms with van der Waals surface area (Å²) >= 11 is 0. The van der Waals surface area contributed by atoms with E-state index in [9.17, 15) is 22.8 Å². The van der Waals surface area contributed by atoms with E-state index in [4.69, 9.17) is 14.2 Å². The fourth-order valence-corrected chi connectivity index (χ4v) is 3.39. The molecule has 9 heteroatoms. The lowest BCUT2D eigenvalue weighted by Gasteiger charge is -2.30. The van der Waals surface area contributed by atoms with E-state index < -0.39 is 29.6 Å². The predicted octanol–water partition coefficient (Wildman–Crippen LogP) is 4.08. The van der Waals surface area contributed by atoms with Crippen LogP contribution < -0.4 is 5.32 Å². The second kappa shape index (κ2) is 10.5. The predicted molar refractivity (Wildman–Crippen MR) is 107 cm³/mol. The first-order valence-corrected chi connectivity index (χ1v) is 9.89. The molecule has 0 saturated heterocycles. The van der Waals surface area contributed by atoms with Crippen LogP contribution >= 0.6 is 0 Å². The highest BCUT2D eigenvalue weighted by Crippen LogP contribution is 2.41. The van der Waals surface area contributed by atoms with Crippen LogP contribution in [-0.4, -0.2) is 38.4 Å². The number of ether oxygens (including phenoxy) is 3. The largest absolute Gasteiger partial charge is 0.463 e. The number of halogens is 3. The van der Waals surface area contributed by atoms with Crippen molar-refractivity contribution in [2.45, 2.75) is 39.8 Å². The van der Waals surface area contributed by atoms with Gasteiger partial charge in [0.25, 0.3) is 0 Å². The van der Waals surface area contributed by atoms with Gasteiger partial charge in [-0.15, -0.1) is 0 Å². The lowest BCUT2D eigenvalue weighted by molar-refractivity contribution is -0.141. The number of benzene rings is 1. The number of hydrogen-bond acceptors (Lipinski definition) is 6. The summed E-state index contributed by atoms with van der Waals surface area (Å²) in [6.07, 6.45) is -4.58. The lowest BCUT2D eigenvalue weighted by atomic mass is 9.80. The molecule has 0 saturated carbocycles. The molecule has 0 spiro atoms. The quantitative estimate of drug-likeness (QED) is 0.484. The number of esters is 2. The van der Waals surface area contributed by atoms with E-state index in [0.717, 1.165) is 12.1 Å². The Balaban J connectivity index is 2.56. The van der Waals surface area contributed by atoms with Gasteiger partial charge in [0.05, 0.1) is 35.8 Å². The van der Waals surface area contributed by atoms with Gasteiger partial charge in [-0.2, -0.15) is 13.2 Å². The van der Waals surface area contributed by atoms with Gasteiger partial charge >= 0.3 is 18.1 Å². The van der Waals surface area contributed by atoms with Crippen molar-refractivity contribution in [3.8, 4) is 0 Å². The van der Waals surface area contributed by atoms with Crippen LogP contribution in [-0.2, 0) is 30.0 Å². The minimum absolute atomic E-state index is 0.0315. The zero-order chi connectivity index (χ0) is 23.2. The van der Waals surface area contributed by atoms with E-state index in [0.29, 0.717) is 18.0 Å². The molecular weight excluding hydrogens is 415 g/mol. The zero-order valence-corrected chi connectivity index (χ0v) is 17.9. The van der Waals surface area contributed by atoms with Crippen LogP contribution in [0.2, 0.25) is 0 Å². The maximum atomic E-state index is 13.3. The molecule has 0 fully saturated rings. The first kappa shape index (κ1) is 24.5. The Labute approximate surface area is 179 Å². The molecule has 1 heterocycles. The minimum atomic E-state index is -4.58. The van der Waals surface area contributed by atoms with Gasteiger partial charge in [-0.05, 0) is 39.3 Å².